The van der Waals surface area contributed by atoms with Gasteiger partial charge in [0, 0.05) is 53.7 Å². The Bertz CT molecular complexity index is 2770. The van der Waals surface area contributed by atoms with Crippen LogP contribution in [-0.2, 0) is 32.9 Å². The zero-order valence-corrected chi connectivity index (χ0v) is 33.0. The van der Waals surface area contributed by atoms with Crippen molar-refractivity contribution >= 4 is 32.7 Å². The van der Waals surface area contributed by atoms with Gasteiger partial charge in [-0.25, -0.2) is 0 Å². The third-order valence-electron chi connectivity index (χ3n) is 8.29. The van der Waals surface area contributed by atoms with Gasteiger partial charge in [0.2, 0.25) is 0 Å². The molecule has 0 saturated heterocycles. The second-order valence-corrected chi connectivity index (χ2v) is 14.9. The summed E-state index contributed by atoms with van der Waals surface area (Å²) in [5.74, 6) is 0. The molecule has 0 saturated carbocycles. The number of hydrogen-bond donors (Lipinski definition) is 0. The van der Waals surface area contributed by atoms with Crippen molar-refractivity contribution in [2.24, 2.45) is 10.8 Å². The molecule has 0 aliphatic rings. The molecule has 8 aromatic rings. The van der Waals surface area contributed by atoms with E-state index in [1.165, 1.54) is 17.6 Å². The van der Waals surface area contributed by atoms with Crippen molar-refractivity contribution in [1.29, 1.82) is 0 Å². The molecule has 0 N–H and O–H groups in total. The Balaban J connectivity index is 0.000000219. The largest absolute Gasteiger partial charge is 0.501 e. The molecule has 53 heavy (non-hydrogen) atoms. The third kappa shape index (κ3) is 8.99. The summed E-state index contributed by atoms with van der Waals surface area (Å²) >= 11 is 0. The summed E-state index contributed by atoms with van der Waals surface area (Å²) in [6.07, 6.45) is 1.95. The molecule has 4 aromatic carbocycles. The average Bonchev–Trinajstić information content (AvgIpc) is 3.60. The summed E-state index contributed by atoms with van der Waals surface area (Å²) in [5, 5.41) is 4.47. The quantitative estimate of drug-likeness (QED) is 0.162. The van der Waals surface area contributed by atoms with Crippen LogP contribution < -0.4 is 0 Å². The van der Waals surface area contributed by atoms with Crippen molar-refractivity contribution in [1.82, 2.24) is 15.0 Å². The standard InChI is InChI=1S/C31H25N2O.C17H20N.Ir/c1-31(2,3)18-20-11-13-26(33-19-20)22-15-16-32-27(17-22)24-9-6-10-25-29-23-8-5-4-7-21(23)12-14-28(29)34-30(24)25;1-13-5-8-15(9-6-13)16-10-7-14(12-18-16)11-17(2,3)4;/h4-8,10-17,19H,18H2,1-3H3;5-8,10,12H,11H2,1-4H3;/q2*-1;/i18D2;1D3,11D2;. The first kappa shape index (κ1) is 29.5. The molecule has 4 heterocycles. The van der Waals surface area contributed by atoms with Gasteiger partial charge in [-0.05, 0) is 80.6 Å². The van der Waals surface area contributed by atoms with Crippen LogP contribution in [0, 0.1) is 29.8 Å². The Hall–Kier alpha value is -4.96. The number of aryl methyl sites for hydroxylation is 1. The molecule has 0 fully saturated rings. The van der Waals surface area contributed by atoms with Crippen LogP contribution in [0.5, 0.6) is 0 Å². The number of aromatic nitrogens is 3. The Labute approximate surface area is 336 Å². The molecule has 269 valence electrons. The van der Waals surface area contributed by atoms with Crippen LogP contribution in [0.2, 0.25) is 0 Å². The summed E-state index contributed by atoms with van der Waals surface area (Å²) < 4.78 is 62.0. The second kappa shape index (κ2) is 15.6. The Morgan fingerprint density at radius 1 is 0.698 bits per heavy atom. The van der Waals surface area contributed by atoms with Gasteiger partial charge in [-0.2, -0.15) is 0 Å². The molecule has 5 heteroatoms. The molecular formula is C48H45IrN3O-2. The van der Waals surface area contributed by atoms with Crippen molar-refractivity contribution in [2.45, 2.75) is 61.1 Å². The van der Waals surface area contributed by atoms with Gasteiger partial charge in [0.25, 0.3) is 0 Å². The van der Waals surface area contributed by atoms with Gasteiger partial charge >= 0.3 is 0 Å². The minimum atomic E-state index is -2.14. The normalized spacial score (nSPS) is 14.4. The Morgan fingerprint density at radius 3 is 2.06 bits per heavy atom. The summed E-state index contributed by atoms with van der Waals surface area (Å²) in [7, 11) is 0. The van der Waals surface area contributed by atoms with E-state index in [9.17, 15) is 0 Å². The first-order chi connectivity index (χ1) is 27.7. The van der Waals surface area contributed by atoms with Crippen LogP contribution in [0.15, 0.2) is 126 Å². The van der Waals surface area contributed by atoms with Gasteiger partial charge in [0.1, 0.15) is 5.58 Å². The van der Waals surface area contributed by atoms with E-state index in [4.69, 9.17) is 14.0 Å². The number of furan rings is 1. The fraction of sp³-hybridized carbons (Fsp3) is 0.229. The second-order valence-electron chi connectivity index (χ2n) is 14.9. The first-order valence-corrected chi connectivity index (χ1v) is 17.3. The zero-order chi connectivity index (χ0) is 42.5. The maximum absolute atomic E-state index is 8.52. The smallest absolute Gasteiger partial charge is 0.121 e. The van der Waals surface area contributed by atoms with Crippen LogP contribution in [-0.4, -0.2) is 15.0 Å². The number of benzene rings is 4. The monoisotopic (exact) mass is 879 g/mol. The summed E-state index contributed by atoms with van der Waals surface area (Å²) in [4.78, 5) is 13.5. The Morgan fingerprint density at radius 2 is 1.42 bits per heavy atom. The van der Waals surface area contributed by atoms with Gasteiger partial charge in [0.15, 0.2) is 0 Å². The minimum absolute atomic E-state index is 0. The molecule has 4 aromatic heterocycles. The van der Waals surface area contributed by atoms with Crippen LogP contribution in [0.4, 0.5) is 0 Å². The van der Waals surface area contributed by atoms with Crippen molar-refractivity contribution in [3.63, 3.8) is 0 Å². The molecular weight excluding hydrogens is 827 g/mol. The Kier molecular flexibility index (Phi) is 8.66. The SMILES string of the molecule is [2H]C([2H])([2H])c1c[c-]c(-c2ccc(C([2H])([2H])C(C)(C)C)cn2)cc1.[2H]C([2H])(c1ccc(-c2ccnc(-c3[c-]ccc4c3oc3ccc5ccccc5c34)c2)nc1)C(C)(C)C.[Ir]. The van der Waals surface area contributed by atoms with E-state index in [0.717, 1.165) is 49.8 Å². The number of pyridine rings is 3. The number of nitrogens with zero attached hydrogens (tertiary/aromatic N) is 3. The maximum atomic E-state index is 8.52. The van der Waals surface area contributed by atoms with Crippen molar-refractivity contribution in [3.05, 3.63) is 151 Å². The topological polar surface area (TPSA) is 51.8 Å². The van der Waals surface area contributed by atoms with Crippen molar-refractivity contribution in [2.75, 3.05) is 0 Å². The molecule has 4 nitrogen and oxygen atoms in total. The first-order valence-electron chi connectivity index (χ1n) is 20.8. The molecule has 0 aliphatic carbocycles. The van der Waals surface area contributed by atoms with Gasteiger partial charge < -0.3 is 14.4 Å². The predicted octanol–water partition coefficient (Wildman–Crippen LogP) is 12.7. The van der Waals surface area contributed by atoms with Crippen LogP contribution in [0.3, 0.4) is 0 Å². The van der Waals surface area contributed by atoms with Gasteiger partial charge in [-0.3, -0.25) is 4.98 Å². The van der Waals surface area contributed by atoms with E-state index in [2.05, 4.69) is 45.3 Å². The molecule has 0 amide bonds. The van der Waals surface area contributed by atoms with E-state index in [1.807, 2.05) is 96.1 Å². The number of hydrogen-bond acceptors (Lipinski definition) is 4. The minimum Gasteiger partial charge on any atom is -0.501 e. The molecule has 8 rings (SSSR count). The molecule has 0 atom stereocenters. The maximum Gasteiger partial charge on any atom is 0.121 e. The summed E-state index contributed by atoms with van der Waals surface area (Å²) in [6.45, 7) is 9.10. The fourth-order valence-corrected chi connectivity index (χ4v) is 6.14. The van der Waals surface area contributed by atoms with Gasteiger partial charge in [-0.1, -0.05) is 114 Å². The van der Waals surface area contributed by atoms with Crippen LogP contribution in [0.1, 0.15) is 67.8 Å². The van der Waals surface area contributed by atoms with Gasteiger partial charge in [0.05, 0.1) is 11.3 Å². The van der Waals surface area contributed by atoms with E-state index < -0.39 is 30.4 Å². The van der Waals surface area contributed by atoms with E-state index in [1.54, 1.807) is 36.7 Å². The number of rotatable bonds is 5. The van der Waals surface area contributed by atoms with Crippen molar-refractivity contribution in [3.8, 4) is 33.8 Å². The van der Waals surface area contributed by atoms with Crippen LogP contribution >= 0.6 is 0 Å². The third-order valence-corrected chi connectivity index (χ3v) is 8.29. The molecule has 0 unspecified atom stereocenters. The molecule has 0 spiro atoms. The van der Waals surface area contributed by atoms with E-state index in [0.29, 0.717) is 22.4 Å². The molecule has 0 bridgehead atoms. The fourth-order valence-electron chi connectivity index (χ4n) is 6.14. The van der Waals surface area contributed by atoms with E-state index in [-0.39, 0.29) is 25.7 Å². The average molecular weight is 879 g/mol. The molecule has 1 radical (unpaired) electrons. The molecule has 0 aliphatic heterocycles. The summed E-state index contributed by atoms with van der Waals surface area (Å²) in [5.41, 5.74) is 6.38. The number of fused-ring (bicyclic) bond motifs is 5. The van der Waals surface area contributed by atoms with Gasteiger partial charge in [-0.15, -0.1) is 53.6 Å². The summed E-state index contributed by atoms with van der Waals surface area (Å²) in [6, 6.07) is 38.4. The van der Waals surface area contributed by atoms with Crippen molar-refractivity contribution < 1.29 is 34.1 Å². The van der Waals surface area contributed by atoms with E-state index >= 15 is 0 Å². The zero-order valence-electron chi connectivity index (χ0n) is 37.6. The predicted molar refractivity (Wildman–Crippen MR) is 216 cm³/mol. The van der Waals surface area contributed by atoms with Crippen LogP contribution in [0.25, 0.3) is 66.5 Å².